The summed E-state index contributed by atoms with van der Waals surface area (Å²) in [4.78, 5) is 14.9. The lowest BCUT2D eigenvalue weighted by Crippen LogP contribution is -2.42. The van der Waals surface area contributed by atoms with Crippen molar-refractivity contribution in [3.63, 3.8) is 0 Å². The van der Waals surface area contributed by atoms with Crippen LogP contribution in [0.4, 0.5) is 5.69 Å². The number of pyridine rings is 1. The molecule has 0 unspecified atom stereocenters. The van der Waals surface area contributed by atoms with Crippen LogP contribution in [-0.2, 0) is 4.74 Å². The van der Waals surface area contributed by atoms with Gasteiger partial charge in [-0.15, -0.1) is 0 Å². The number of aliphatic imine (C=N–C) groups is 2. The lowest BCUT2D eigenvalue weighted by molar-refractivity contribution is 0.0558. The zero-order valence-corrected chi connectivity index (χ0v) is 21.4. The number of hydrogen-bond acceptors (Lipinski definition) is 4. The molecule has 4 heteroatoms. The van der Waals surface area contributed by atoms with Crippen molar-refractivity contribution in [2.75, 3.05) is 0 Å². The molecule has 2 aromatic rings. The molecule has 1 aliphatic heterocycles. The predicted molar refractivity (Wildman–Crippen MR) is 136 cm³/mol. The molecule has 2 heterocycles. The van der Waals surface area contributed by atoms with Crippen molar-refractivity contribution < 1.29 is 4.74 Å². The quantitative estimate of drug-likeness (QED) is 0.460. The first kappa shape index (κ1) is 24.2. The van der Waals surface area contributed by atoms with Crippen molar-refractivity contribution in [3.05, 3.63) is 58.9 Å². The standard InChI is InChI=1S/C28H39N3O/c1-17(2)20-13-11-14-21(18(3)4)24(20)29-19(5)22-15-12-16-23(30-22)25-31-26(27(6,7)8)28(9,10)32-25/h11-18,26H,1-10H3/t26-/m0/s1. The first-order chi connectivity index (χ1) is 14.8. The number of aromatic nitrogens is 1. The Bertz CT molecular complexity index is 1010. The average molecular weight is 434 g/mol. The van der Waals surface area contributed by atoms with Crippen LogP contribution in [0.1, 0.15) is 104 Å². The number of para-hydroxylation sites is 1. The van der Waals surface area contributed by atoms with Crippen LogP contribution < -0.4 is 0 Å². The topological polar surface area (TPSA) is 46.8 Å². The Morgan fingerprint density at radius 2 is 1.53 bits per heavy atom. The minimum atomic E-state index is -0.364. The molecule has 0 aliphatic carbocycles. The lowest BCUT2D eigenvalue weighted by atomic mass is 9.78. The molecule has 1 aromatic heterocycles. The van der Waals surface area contributed by atoms with Crippen LogP contribution in [0.15, 0.2) is 46.4 Å². The molecule has 0 fully saturated rings. The second kappa shape index (κ2) is 8.80. The summed E-state index contributed by atoms with van der Waals surface area (Å²) >= 11 is 0. The Morgan fingerprint density at radius 3 is 2.03 bits per heavy atom. The van der Waals surface area contributed by atoms with Crippen molar-refractivity contribution in [2.45, 2.75) is 92.7 Å². The van der Waals surface area contributed by atoms with Gasteiger partial charge >= 0.3 is 0 Å². The highest BCUT2D eigenvalue weighted by molar-refractivity contribution is 6.01. The van der Waals surface area contributed by atoms with Crippen LogP contribution in [0, 0.1) is 5.41 Å². The molecule has 0 spiro atoms. The number of ether oxygens (including phenoxy) is 1. The van der Waals surface area contributed by atoms with E-state index in [1.165, 1.54) is 11.1 Å². The Morgan fingerprint density at radius 1 is 0.969 bits per heavy atom. The second-order valence-corrected chi connectivity index (χ2v) is 11.1. The molecule has 0 amide bonds. The third kappa shape index (κ3) is 4.95. The molecule has 0 bridgehead atoms. The number of hydrogen-bond donors (Lipinski definition) is 0. The fourth-order valence-electron chi connectivity index (χ4n) is 4.58. The average Bonchev–Trinajstić information content (AvgIpc) is 3.03. The molecule has 3 rings (SSSR count). The van der Waals surface area contributed by atoms with E-state index in [4.69, 9.17) is 19.7 Å². The first-order valence-corrected chi connectivity index (χ1v) is 11.7. The van der Waals surface area contributed by atoms with Gasteiger partial charge in [-0.25, -0.2) is 9.98 Å². The van der Waals surface area contributed by atoms with E-state index in [1.807, 2.05) is 25.1 Å². The predicted octanol–water partition coefficient (Wildman–Crippen LogP) is 7.44. The molecular formula is C28H39N3O. The van der Waals surface area contributed by atoms with Gasteiger partial charge < -0.3 is 4.74 Å². The van der Waals surface area contributed by atoms with Gasteiger partial charge in [-0.1, -0.05) is 72.7 Å². The maximum atomic E-state index is 6.28. The molecule has 4 nitrogen and oxygen atoms in total. The first-order valence-electron chi connectivity index (χ1n) is 11.7. The number of rotatable bonds is 5. The maximum Gasteiger partial charge on any atom is 0.236 e. The van der Waals surface area contributed by atoms with Crippen LogP contribution in [0.25, 0.3) is 0 Å². The Kier molecular flexibility index (Phi) is 6.65. The van der Waals surface area contributed by atoms with E-state index >= 15 is 0 Å². The molecule has 1 atom stereocenters. The Hall–Kier alpha value is -2.49. The molecule has 1 aliphatic rings. The summed E-state index contributed by atoms with van der Waals surface area (Å²) in [6.45, 7) is 21.7. The van der Waals surface area contributed by atoms with Gasteiger partial charge in [0, 0.05) is 0 Å². The van der Waals surface area contributed by atoms with Crippen molar-refractivity contribution >= 4 is 17.3 Å². The van der Waals surface area contributed by atoms with Gasteiger partial charge in [-0.05, 0) is 61.3 Å². The zero-order chi connectivity index (χ0) is 23.8. The van der Waals surface area contributed by atoms with Crippen molar-refractivity contribution in [1.82, 2.24) is 4.98 Å². The third-order valence-corrected chi connectivity index (χ3v) is 6.05. The van der Waals surface area contributed by atoms with E-state index < -0.39 is 0 Å². The Labute approximate surface area is 194 Å². The van der Waals surface area contributed by atoms with Gasteiger partial charge in [-0.3, -0.25) is 4.99 Å². The van der Waals surface area contributed by atoms with Gasteiger partial charge in [0.15, 0.2) is 0 Å². The van der Waals surface area contributed by atoms with Crippen LogP contribution in [0.3, 0.4) is 0 Å². The molecule has 0 radical (unpaired) electrons. The molecular weight excluding hydrogens is 394 g/mol. The van der Waals surface area contributed by atoms with Crippen LogP contribution >= 0.6 is 0 Å². The van der Waals surface area contributed by atoms with E-state index in [1.54, 1.807) is 0 Å². The van der Waals surface area contributed by atoms with Gasteiger partial charge in [0.2, 0.25) is 5.90 Å². The normalized spacial score (nSPS) is 18.8. The molecule has 32 heavy (non-hydrogen) atoms. The summed E-state index contributed by atoms with van der Waals surface area (Å²) in [5, 5.41) is 0. The summed E-state index contributed by atoms with van der Waals surface area (Å²) in [6, 6.07) is 12.6. The molecule has 0 saturated heterocycles. The van der Waals surface area contributed by atoms with E-state index in [9.17, 15) is 0 Å². The van der Waals surface area contributed by atoms with E-state index in [2.05, 4.69) is 80.5 Å². The van der Waals surface area contributed by atoms with Gasteiger partial charge in [-0.2, -0.15) is 0 Å². The van der Waals surface area contributed by atoms with E-state index in [-0.39, 0.29) is 17.1 Å². The zero-order valence-electron chi connectivity index (χ0n) is 21.4. The van der Waals surface area contributed by atoms with E-state index in [0.717, 1.165) is 22.8 Å². The van der Waals surface area contributed by atoms with Crippen molar-refractivity contribution in [3.8, 4) is 0 Å². The number of benzene rings is 1. The summed E-state index contributed by atoms with van der Waals surface area (Å²) in [7, 11) is 0. The van der Waals surface area contributed by atoms with Crippen LogP contribution in [0.2, 0.25) is 0 Å². The summed E-state index contributed by atoms with van der Waals surface area (Å²) in [5.41, 5.74) is 5.76. The number of nitrogens with zero attached hydrogens (tertiary/aromatic N) is 3. The van der Waals surface area contributed by atoms with Crippen LogP contribution in [-0.4, -0.2) is 28.2 Å². The molecule has 0 N–H and O–H groups in total. The highest BCUT2D eigenvalue weighted by atomic mass is 16.5. The summed E-state index contributed by atoms with van der Waals surface area (Å²) in [6.07, 6.45) is 0. The van der Waals surface area contributed by atoms with E-state index in [0.29, 0.717) is 17.7 Å². The summed E-state index contributed by atoms with van der Waals surface area (Å²) in [5.74, 6) is 1.42. The monoisotopic (exact) mass is 433 g/mol. The minimum Gasteiger partial charge on any atom is -0.468 e. The maximum absolute atomic E-state index is 6.28. The highest BCUT2D eigenvalue weighted by Gasteiger charge is 2.45. The van der Waals surface area contributed by atoms with Crippen LogP contribution in [0.5, 0.6) is 0 Å². The molecule has 172 valence electrons. The fraction of sp³-hybridized carbons (Fsp3) is 0.536. The Balaban J connectivity index is 2.03. The summed E-state index contributed by atoms with van der Waals surface area (Å²) < 4.78 is 6.28. The van der Waals surface area contributed by atoms with Crippen molar-refractivity contribution in [2.24, 2.45) is 15.4 Å². The van der Waals surface area contributed by atoms with Crippen molar-refractivity contribution in [1.29, 1.82) is 0 Å². The third-order valence-electron chi connectivity index (χ3n) is 6.05. The van der Waals surface area contributed by atoms with Gasteiger partial charge in [0.1, 0.15) is 11.3 Å². The van der Waals surface area contributed by atoms with Gasteiger partial charge in [0.25, 0.3) is 0 Å². The molecule has 0 saturated carbocycles. The SMILES string of the molecule is CC(=Nc1c(C(C)C)cccc1C(C)C)c1cccc(C2=N[C@@H](C(C)(C)C)C(C)(C)O2)n1. The lowest BCUT2D eigenvalue weighted by Gasteiger charge is -2.34. The fourth-order valence-corrected chi connectivity index (χ4v) is 4.58. The minimum absolute atomic E-state index is 0.00797. The van der Waals surface area contributed by atoms with Gasteiger partial charge in [0.05, 0.1) is 23.1 Å². The highest BCUT2D eigenvalue weighted by Crippen LogP contribution is 2.38. The molecule has 1 aromatic carbocycles. The second-order valence-electron chi connectivity index (χ2n) is 11.1. The smallest absolute Gasteiger partial charge is 0.236 e. The largest absolute Gasteiger partial charge is 0.468 e.